The molecule has 0 heterocycles. The van der Waals surface area contributed by atoms with Gasteiger partial charge in [0.2, 0.25) is 5.91 Å². The molecule has 1 aromatic rings. The second kappa shape index (κ2) is 4.99. The van der Waals surface area contributed by atoms with Crippen LogP contribution in [0, 0.1) is 0 Å². The molecule has 4 nitrogen and oxygen atoms in total. The van der Waals surface area contributed by atoms with Crippen molar-refractivity contribution in [2.45, 2.75) is 25.8 Å². The number of anilines is 1. The zero-order valence-corrected chi connectivity index (χ0v) is 9.66. The maximum Gasteiger partial charge on any atom is 0.224 e. The highest BCUT2D eigenvalue weighted by Crippen LogP contribution is 2.07. The molecule has 0 fully saturated rings. The van der Waals surface area contributed by atoms with Crippen molar-refractivity contribution in [3.05, 3.63) is 29.8 Å². The molecule has 0 saturated carbocycles. The van der Waals surface area contributed by atoms with E-state index in [1.807, 2.05) is 12.1 Å². The van der Waals surface area contributed by atoms with Crippen LogP contribution in [0.5, 0.6) is 0 Å². The lowest BCUT2D eigenvalue weighted by Crippen LogP contribution is -2.46. The van der Waals surface area contributed by atoms with Gasteiger partial charge in [0, 0.05) is 5.69 Å². The molecule has 4 heteroatoms. The number of nitrogens with two attached hydrogens (primary N) is 1. The standard InChI is InChI=1S/C12H18N2O2/c1-12(2,8-15)14-11(16)7-9-3-5-10(13)6-4-9/h3-6,15H,7-8,13H2,1-2H3,(H,14,16). The van der Waals surface area contributed by atoms with E-state index in [4.69, 9.17) is 10.8 Å². The molecule has 1 aromatic carbocycles. The smallest absolute Gasteiger partial charge is 0.224 e. The average Bonchev–Trinajstić information content (AvgIpc) is 2.21. The lowest BCUT2D eigenvalue weighted by atomic mass is 10.1. The summed E-state index contributed by atoms with van der Waals surface area (Å²) < 4.78 is 0. The van der Waals surface area contributed by atoms with E-state index in [-0.39, 0.29) is 12.5 Å². The van der Waals surface area contributed by atoms with E-state index in [0.29, 0.717) is 12.1 Å². The Labute approximate surface area is 95.5 Å². The molecule has 16 heavy (non-hydrogen) atoms. The predicted molar refractivity (Wildman–Crippen MR) is 63.9 cm³/mol. The van der Waals surface area contributed by atoms with E-state index in [1.54, 1.807) is 26.0 Å². The fraction of sp³-hybridized carbons (Fsp3) is 0.417. The van der Waals surface area contributed by atoms with Crippen molar-refractivity contribution in [1.82, 2.24) is 5.32 Å². The number of hydrogen-bond acceptors (Lipinski definition) is 3. The van der Waals surface area contributed by atoms with Crippen LogP contribution in [-0.2, 0) is 11.2 Å². The first kappa shape index (κ1) is 12.5. The number of hydrogen-bond donors (Lipinski definition) is 3. The molecule has 4 N–H and O–H groups in total. The van der Waals surface area contributed by atoms with Gasteiger partial charge in [-0.25, -0.2) is 0 Å². The van der Waals surface area contributed by atoms with Crippen molar-refractivity contribution in [3.8, 4) is 0 Å². The molecule has 0 radical (unpaired) electrons. The molecular formula is C12H18N2O2. The fourth-order valence-corrected chi connectivity index (χ4v) is 1.28. The Morgan fingerprint density at radius 2 is 1.94 bits per heavy atom. The van der Waals surface area contributed by atoms with E-state index in [9.17, 15) is 4.79 Å². The van der Waals surface area contributed by atoms with Crippen LogP contribution >= 0.6 is 0 Å². The van der Waals surface area contributed by atoms with Crippen molar-refractivity contribution in [2.75, 3.05) is 12.3 Å². The maximum absolute atomic E-state index is 11.6. The molecule has 0 aromatic heterocycles. The van der Waals surface area contributed by atoms with E-state index >= 15 is 0 Å². The van der Waals surface area contributed by atoms with Crippen molar-refractivity contribution in [2.24, 2.45) is 0 Å². The van der Waals surface area contributed by atoms with Gasteiger partial charge in [-0.3, -0.25) is 4.79 Å². The number of carbonyl (C=O) groups is 1. The first-order chi connectivity index (χ1) is 7.43. The van der Waals surface area contributed by atoms with Gasteiger partial charge in [-0.2, -0.15) is 0 Å². The monoisotopic (exact) mass is 222 g/mol. The Morgan fingerprint density at radius 3 is 2.44 bits per heavy atom. The highest BCUT2D eigenvalue weighted by molar-refractivity contribution is 5.79. The quantitative estimate of drug-likeness (QED) is 0.656. The second-order valence-electron chi connectivity index (χ2n) is 4.51. The Balaban J connectivity index is 2.55. The normalized spacial score (nSPS) is 11.2. The summed E-state index contributed by atoms with van der Waals surface area (Å²) >= 11 is 0. The van der Waals surface area contributed by atoms with Crippen LogP contribution in [-0.4, -0.2) is 23.2 Å². The first-order valence-electron chi connectivity index (χ1n) is 5.19. The van der Waals surface area contributed by atoms with Gasteiger partial charge in [0.05, 0.1) is 18.6 Å². The van der Waals surface area contributed by atoms with Crippen LogP contribution in [0.1, 0.15) is 19.4 Å². The Kier molecular flexibility index (Phi) is 3.90. The largest absolute Gasteiger partial charge is 0.399 e. The third-order valence-corrected chi connectivity index (χ3v) is 2.22. The number of amides is 1. The molecular weight excluding hydrogens is 204 g/mol. The highest BCUT2D eigenvalue weighted by atomic mass is 16.3. The van der Waals surface area contributed by atoms with E-state index in [2.05, 4.69) is 5.32 Å². The third-order valence-electron chi connectivity index (χ3n) is 2.22. The highest BCUT2D eigenvalue weighted by Gasteiger charge is 2.18. The SMILES string of the molecule is CC(C)(CO)NC(=O)Cc1ccc(N)cc1. The minimum Gasteiger partial charge on any atom is -0.399 e. The number of nitrogen functional groups attached to an aromatic ring is 1. The van der Waals surface area contributed by atoms with E-state index in [1.165, 1.54) is 0 Å². The maximum atomic E-state index is 11.6. The second-order valence-corrected chi connectivity index (χ2v) is 4.51. The Bertz CT molecular complexity index is 358. The number of rotatable bonds is 4. The molecule has 0 aliphatic carbocycles. The van der Waals surface area contributed by atoms with Gasteiger partial charge in [0.1, 0.15) is 0 Å². The summed E-state index contributed by atoms with van der Waals surface area (Å²) in [6.45, 7) is 3.46. The Morgan fingerprint density at radius 1 is 1.38 bits per heavy atom. The average molecular weight is 222 g/mol. The van der Waals surface area contributed by atoms with E-state index in [0.717, 1.165) is 5.56 Å². The minimum absolute atomic E-state index is 0.0829. The lowest BCUT2D eigenvalue weighted by molar-refractivity contribution is -0.122. The molecule has 0 aliphatic heterocycles. The van der Waals surface area contributed by atoms with Gasteiger partial charge >= 0.3 is 0 Å². The van der Waals surface area contributed by atoms with Crippen molar-refractivity contribution < 1.29 is 9.90 Å². The molecule has 0 aliphatic rings. The van der Waals surface area contributed by atoms with Crippen LogP contribution < -0.4 is 11.1 Å². The number of carbonyl (C=O) groups excluding carboxylic acids is 1. The molecule has 0 unspecified atom stereocenters. The number of aliphatic hydroxyl groups excluding tert-OH is 1. The van der Waals surface area contributed by atoms with Gasteiger partial charge in [-0.15, -0.1) is 0 Å². The predicted octanol–water partition coefficient (Wildman–Crippen LogP) is 0.698. The molecule has 88 valence electrons. The molecule has 1 amide bonds. The van der Waals surface area contributed by atoms with Crippen LogP contribution in [0.2, 0.25) is 0 Å². The summed E-state index contributed by atoms with van der Waals surface area (Å²) in [5.74, 6) is -0.108. The van der Waals surface area contributed by atoms with Crippen LogP contribution in [0.4, 0.5) is 5.69 Å². The third kappa shape index (κ3) is 3.90. The molecule has 0 saturated heterocycles. The van der Waals surface area contributed by atoms with E-state index < -0.39 is 5.54 Å². The number of benzene rings is 1. The topological polar surface area (TPSA) is 75.3 Å². The van der Waals surface area contributed by atoms with Gasteiger partial charge in [-0.05, 0) is 31.5 Å². The summed E-state index contributed by atoms with van der Waals surface area (Å²) in [5, 5.41) is 11.8. The zero-order valence-electron chi connectivity index (χ0n) is 9.66. The van der Waals surface area contributed by atoms with Gasteiger partial charge in [0.15, 0.2) is 0 Å². The summed E-state index contributed by atoms with van der Waals surface area (Å²) in [6.07, 6.45) is 0.295. The van der Waals surface area contributed by atoms with Crippen LogP contribution in [0.15, 0.2) is 24.3 Å². The van der Waals surface area contributed by atoms with Gasteiger partial charge in [0.25, 0.3) is 0 Å². The molecule has 1 rings (SSSR count). The first-order valence-corrected chi connectivity index (χ1v) is 5.19. The van der Waals surface area contributed by atoms with Crippen LogP contribution in [0.25, 0.3) is 0 Å². The summed E-state index contributed by atoms with van der Waals surface area (Å²) in [7, 11) is 0. The lowest BCUT2D eigenvalue weighted by Gasteiger charge is -2.23. The van der Waals surface area contributed by atoms with Crippen molar-refractivity contribution in [3.63, 3.8) is 0 Å². The van der Waals surface area contributed by atoms with Crippen molar-refractivity contribution >= 4 is 11.6 Å². The number of aliphatic hydroxyl groups is 1. The van der Waals surface area contributed by atoms with Crippen molar-refractivity contribution in [1.29, 1.82) is 0 Å². The fourth-order valence-electron chi connectivity index (χ4n) is 1.28. The summed E-state index contributed by atoms with van der Waals surface area (Å²) in [6, 6.07) is 7.17. The molecule has 0 spiro atoms. The molecule has 0 bridgehead atoms. The summed E-state index contributed by atoms with van der Waals surface area (Å²) in [5.41, 5.74) is 6.55. The minimum atomic E-state index is -0.578. The van der Waals surface area contributed by atoms with Gasteiger partial charge < -0.3 is 16.2 Å². The Hall–Kier alpha value is -1.55. The number of nitrogens with one attached hydrogen (secondary N) is 1. The molecule has 0 atom stereocenters. The summed E-state index contributed by atoms with van der Waals surface area (Å²) in [4.78, 5) is 11.6. The van der Waals surface area contributed by atoms with Gasteiger partial charge in [-0.1, -0.05) is 12.1 Å². The zero-order chi connectivity index (χ0) is 12.2. The van der Waals surface area contributed by atoms with Crippen LogP contribution in [0.3, 0.4) is 0 Å².